The van der Waals surface area contributed by atoms with Gasteiger partial charge >= 0.3 is 5.97 Å². The fraction of sp³-hybridized carbons (Fsp3) is 0.263. The van der Waals surface area contributed by atoms with Crippen molar-refractivity contribution >= 4 is 11.9 Å². The molecular weight excluding hydrogens is 290 g/mol. The maximum atomic E-state index is 12.6. The van der Waals surface area contributed by atoms with Crippen LogP contribution in [0.3, 0.4) is 0 Å². The van der Waals surface area contributed by atoms with E-state index >= 15 is 0 Å². The molecule has 1 atom stereocenters. The average Bonchev–Trinajstić information content (AvgIpc) is 2.54. The van der Waals surface area contributed by atoms with Crippen molar-refractivity contribution in [2.24, 2.45) is 0 Å². The molecule has 0 fully saturated rings. The van der Waals surface area contributed by atoms with E-state index in [4.69, 9.17) is 5.11 Å². The number of rotatable bonds is 5. The molecule has 23 heavy (non-hydrogen) atoms. The highest BCUT2D eigenvalue weighted by Gasteiger charge is 2.17. The van der Waals surface area contributed by atoms with Crippen LogP contribution in [-0.4, -0.2) is 35.5 Å². The van der Waals surface area contributed by atoms with E-state index in [1.54, 1.807) is 31.0 Å². The molecule has 2 aromatic rings. The van der Waals surface area contributed by atoms with Crippen LogP contribution in [0.25, 0.3) is 0 Å². The third kappa shape index (κ3) is 4.19. The predicted molar refractivity (Wildman–Crippen MR) is 90.0 cm³/mol. The van der Waals surface area contributed by atoms with Crippen molar-refractivity contribution in [2.75, 3.05) is 13.6 Å². The van der Waals surface area contributed by atoms with Crippen molar-refractivity contribution in [3.63, 3.8) is 0 Å². The molecule has 4 heteroatoms. The number of hydrogen-bond donors (Lipinski definition) is 1. The number of carboxylic acids is 1. The molecule has 0 aliphatic carbocycles. The molecule has 1 unspecified atom stereocenters. The van der Waals surface area contributed by atoms with Gasteiger partial charge in [0.1, 0.15) is 0 Å². The van der Waals surface area contributed by atoms with Gasteiger partial charge < -0.3 is 10.0 Å². The Kier molecular flexibility index (Phi) is 5.16. The van der Waals surface area contributed by atoms with Gasteiger partial charge in [-0.2, -0.15) is 0 Å². The molecule has 0 saturated heterocycles. The highest BCUT2D eigenvalue weighted by atomic mass is 16.4. The lowest BCUT2D eigenvalue weighted by atomic mass is 10.00. The number of benzene rings is 2. The summed E-state index contributed by atoms with van der Waals surface area (Å²) < 4.78 is 0. The molecule has 0 saturated carbocycles. The Hall–Kier alpha value is -2.62. The molecule has 2 rings (SSSR count). The monoisotopic (exact) mass is 311 g/mol. The minimum atomic E-state index is -1.02. The van der Waals surface area contributed by atoms with Crippen molar-refractivity contribution in [1.82, 2.24) is 4.90 Å². The van der Waals surface area contributed by atoms with Gasteiger partial charge in [-0.3, -0.25) is 4.79 Å². The summed E-state index contributed by atoms with van der Waals surface area (Å²) in [6, 6.07) is 14.7. The summed E-state index contributed by atoms with van der Waals surface area (Å²) in [5, 5.41) is 9.12. The molecule has 2 aromatic carbocycles. The van der Waals surface area contributed by atoms with Crippen molar-refractivity contribution in [3.8, 4) is 0 Å². The zero-order valence-electron chi connectivity index (χ0n) is 13.6. The molecule has 0 spiro atoms. The van der Waals surface area contributed by atoms with Gasteiger partial charge in [-0.1, -0.05) is 37.3 Å². The summed E-state index contributed by atoms with van der Waals surface area (Å²) in [5.41, 5.74) is 2.48. The molecule has 1 N–H and O–H groups in total. The maximum absolute atomic E-state index is 12.6. The second-order valence-electron chi connectivity index (χ2n) is 5.89. The molecule has 0 aromatic heterocycles. The largest absolute Gasteiger partial charge is 0.478 e. The SMILES string of the molecule is Cc1cc(C(=O)O)cc(C(=O)N(C)CC(C)c2ccccc2)c1. The minimum Gasteiger partial charge on any atom is -0.478 e. The molecule has 0 aliphatic heterocycles. The van der Waals surface area contributed by atoms with E-state index in [9.17, 15) is 9.59 Å². The van der Waals surface area contributed by atoms with Crippen LogP contribution < -0.4 is 0 Å². The molecular formula is C19H21NO3. The summed E-state index contributed by atoms with van der Waals surface area (Å²) >= 11 is 0. The third-order valence-electron chi connectivity index (χ3n) is 3.83. The molecule has 0 heterocycles. The summed E-state index contributed by atoms with van der Waals surface area (Å²) in [6.07, 6.45) is 0. The van der Waals surface area contributed by atoms with E-state index in [1.807, 2.05) is 30.3 Å². The Balaban J connectivity index is 2.15. The maximum Gasteiger partial charge on any atom is 0.335 e. The van der Waals surface area contributed by atoms with Gasteiger partial charge in [-0.25, -0.2) is 4.79 Å². The average molecular weight is 311 g/mol. The van der Waals surface area contributed by atoms with Crippen molar-refractivity contribution in [1.29, 1.82) is 0 Å². The lowest BCUT2D eigenvalue weighted by Gasteiger charge is -2.22. The number of carbonyl (C=O) groups excluding carboxylic acids is 1. The van der Waals surface area contributed by atoms with Crippen LogP contribution in [0.4, 0.5) is 0 Å². The Morgan fingerprint density at radius 1 is 1.09 bits per heavy atom. The van der Waals surface area contributed by atoms with Gasteiger partial charge in [0.25, 0.3) is 5.91 Å². The van der Waals surface area contributed by atoms with Gasteiger partial charge in [-0.05, 0) is 42.2 Å². The van der Waals surface area contributed by atoms with Gasteiger partial charge in [0.2, 0.25) is 0 Å². The molecule has 0 bridgehead atoms. The van der Waals surface area contributed by atoms with Gasteiger partial charge in [0, 0.05) is 19.2 Å². The van der Waals surface area contributed by atoms with E-state index in [-0.39, 0.29) is 17.4 Å². The lowest BCUT2D eigenvalue weighted by molar-refractivity contribution is 0.0696. The number of carbonyl (C=O) groups is 2. The van der Waals surface area contributed by atoms with Gasteiger partial charge in [0.15, 0.2) is 0 Å². The standard InChI is InChI=1S/C19H21NO3/c1-13-9-16(11-17(10-13)19(22)23)18(21)20(3)12-14(2)15-7-5-4-6-8-15/h4-11,14H,12H2,1-3H3,(H,22,23). The zero-order valence-corrected chi connectivity index (χ0v) is 13.6. The van der Waals surface area contributed by atoms with Crippen LogP contribution in [0, 0.1) is 6.92 Å². The van der Waals surface area contributed by atoms with E-state index in [2.05, 4.69) is 6.92 Å². The second-order valence-corrected chi connectivity index (χ2v) is 5.89. The molecule has 120 valence electrons. The second kappa shape index (κ2) is 7.09. The summed E-state index contributed by atoms with van der Waals surface area (Å²) in [4.78, 5) is 25.3. The summed E-state index contributed by atoms with van der Waals surface area (Å²) in [7, 11) is 1.74. The molecule has 4 nitrogen and oxygen atoms in total. The predicted octanol–water partition coefficient (Wildman–Crippen LogP) is 3.57. The molecule has 0 radical (unpaired) electrons. The van der Waals surface area contributed by atoms with Crippen LogP contribution in [0.5, 0.6) is 0 Å². The van der Waals surface area contributed by atoms with Crippen LogP contribution in [-0.2, 0) is 0 Å². The Labute approximate surface area is 136 Å². The normalized spacial score (nSPS) is 11.8. The Morgan fingerprint density at radius 2 is 1.70 bits per heavy atom. The number of carboxylic acid groups (broad SMARTS) is 1. The highest BCUT2D eigenvalue weighted by molar-refractivity contribution is 5.97. The van der Waals surface area contributed by atoms with Gasteiger partial charge in [0.05, 0.1) is 5.56 Å². The van der Waals surface area contributed by atoms with Crippen LogP contribution in [0.15, 0.2) is 48.5 Å². The number of likely N-dealkylation sites (N-methyl/N-ethyl adjacent to an activating group) is 1. The number of aromatic carboxylic acids is 1. The zero-order chi connectivity index (χ0) is 17.0. The van der Waals surface area contributed by atoms with Crippen LogP contribution >= 0.6 is 0 Å². The molecule has 0 aliphatic rings. The van der Waals surface area contributed by atoms with Crippen molar-refractivity contribution in [3.05, 3.63) is 70.8 Å². The fourth-order valence-corrected chi connectivity index (χ4v) is 2.63. The topological polar surface area (TPSA) is 57.6 Å². The number of aryl methyl sites for hydroxylation is 1. The fourth-order valence-electron chi connectivity index (χ4n) is 2.63. The first-order chi connectivity index (χ1) is 10.9. The van der Waals surface area contributed by atoms with E-state index in [0.717, 1.165) is 5.56 Å². The van der Waals surface area contributed by atoms with Crippen LogP contribution in [0.2, 0.25) is 0 Å². The highest BCUT2D eigenvalue weighted by Crippen LogP contribution is 2.18. The lowest BCUT2D eigenvalue weighted by Crippen LogP contribution is -2.30. The summed E-state index contributed by atoms with van der Waals surface area (Å²) in [6.45, 7) is 4.42. The number of hydrogen-bond acceptors (Lipinski definition) is 2. The first kappa shape index (κ1) is 16.7. The Bertz CT molecular complexity index is 710. The summed E-state index contributed by atoms with van der Waals surface area (Å²) in [5.74, 6) is -0.990. The van der Waals surface area contributed by atoms with Crippen LogP contribution in [0.1, 0.15) is 44.7 Å². The molecule has 1 amide bonds. The van der Waals surface area contributed by atoms with E-state index in [1.165, 1.54) is 11.6 Å². The minimum absolute atomic E-state index is 0.137. The quantitative estimate of drug-likeness (QED) is 0.918. The van der Waals surface area contributed by atoms with Gasteiger partial charge in [-0.15, -0.1) is 0 Å². The first-order valence-electron chi connectivity index (χ1n) is 7.54. The Morgan fingerprint density at radius 3 is 2.30 bits per heavy atom. The van der Waals surface area contributed by atoms with Crippen molar-refractivity contribution < 1.29 is 14.7 Å². The van der Waals surface area contributed by atoms with Crippen molar-refractivity contribution in [2.45, 2.75) is 19.8 Å². The van der Waals surface area contributed by atoms with E-state index in [0.29, 0.717) is 12.1 Å². The third-order valence-corrected chi connectivity index (χ3v) is 3.83. The number of nitrogens with zero attached hydrogens (tertiary/aromatic N) is 1. The van der Waals surface area contributed by atoms with E-state index < -0.39 is 5.97 Å². The smallest absolute Gasteiger partial charge is 0.335 e. The first-order valence-corrected chi connectivity index (χ1v) is 7.54. The number of amides is 1.